The van der Waals surface area contributed by atoms with Crippen LogP contribution in [0.3, 0.4) is 0 Å². The number of guanidine groups is 1. The zero-order valence-corrected chi connectivity index (χ0v) is 16.4. The average Bonchev–Trinajstić information content (AvgIpc) is 2.72. The third kappa shape index (κ3) is 5.88. The van der Waals surface area contributed by atoms with E-state index in [1.807, 2.05) is 24.3 Å². The Morgan fingerprint density at radius 2 is 1.90 bits per heavy atom. The van der Waals surface area contributed by atoms with E-state index in [0.717, 1.165) is 11.3 Å². The molecule has 30 heavy (non-hydrogen) atoms. The van der Waals surface area contributed by atoms with Crippen molar-refractivity contribution in [3.8, 4) is 5.75 Å². The third-order valence-corrected chi connectivity index (χ3v) is 4.66. The van der Waals surface area contributed by atoms with Crippen molar-refractivity contribution in [2.24, 2.45) is 4.99 Å². The number of alkyl halides is 3. The molecule has 1 unspecified atom stereocenters. The van der Waals surface area contributed by atoms with Gasteiger partial charge in [-0.15, -0.1) is 0 Å². The number of ether oxygens (including phenoxy) is 1. The van der Waals surface area contributed by atoms with Gasteiger partial charge in [0.2, 0.25) is 5.91 Å². The van der Waals surface area contributed by atoms with Gasteiger partial charge in [-0.1, -0.05) is 36.4 Å². The van der Waals surface area contributed by atoms with Gasteiger partial charge in [0.1, 0.15) is 5.75 Å². The first-order chi connectivity index (χ1) is 14.4. The molecule has 0 fully saturated rings. The molecule has 2 aromatic rings. The number of rotatable bonds is 6. The Labute approximate surface area is 172 Å². The monoisotopic (exact) mass is 420 g/mol. The van der Waals surface area contributed by atoms with Gasteiger partial charge < -0.3 is 20.7 Å². The average molecular weight is 420 g/mol. The predicted octanol–water partition coefficient (Wildman–Crippen LogP) is 3.42. The van der Waals surface area contributed by atoms with Crippen LogP contribution < -0.4 is 20.7 Å². The number of amides is 1. The summed E-state index contributed by atoms with van der Waals surface area (Å²) in [5.74, 6) is 0.579. The van der Waals surface area contributed by atoms with Crippen molar-refractivity contribution in [3.63, 3.8) is 0 Å². The van der Waals surface area contributed by atoms with E-state index in [-0.39, 0.29) is 24.1 Å². The van der Waals surface area contributed by atoms with Crippen LogP contribution in [0.25, 0.3) is 0 Å². The number of anilines is 1. The van der Waals surface area contributed by atoms with Crippen molar-refractivity contribution in [1.29, 1.82) is 0 Å². The van der Waals surface area contributed by atoms with Gasteiger partial charge in [-0.2, -0.15) is 13.2 Å². The molecule has 1 amide bonds. The van der Waals surface area contributed by atoms with E-state index in [9.17, 15) is 18.0 Å². The third-order valence-electron chi connectivity index (χ3n) is 4.66. The van der Waals surface area contributed by atoms with E-state index < -0.39 is 12.8 Å². The molecule has 9 heteroatoms. The number of nitrogens with zero attached hydrogens (tertiary/aromatic N) is 1. The normalized spacial score (nSPS) is 16.5. The van der Waals surface area contributed by atoms with Crippen LogP contribution in [-0.2, 0) is 11.3 Å². The number of carbonyl (C=O) groups excluding carboxylic acids is 1. The fourth-order valence-electron chi connectivity index (χ4n) is 3.25. The fraction of sp³-hybridized carbons (Fsp3) is 0.333. The molecule has 1 aliphatic rings. The molecule has 1 aliphatic heterocycles. The number of halogens is 3. The number of fused-ring (bicyclic) bond motifs is 1. The molecule has 0 bridgehead atoms. The summed E-state index contributed by atoms with van der Waals surface area (Å²) in [7, 11) is 1.60. The highest BCUT2D eigenvalue weighted by molar-refractivity contribution is 5.94. The molecule has 0 saturated carbocycles. The largest absolute Gasteiger partial charge is 0.484 e. The summed E-state index contributed by atoms with van der Waals surface area (Å²) in [5.41, 5.74) is 2.43. The maximum absolute atomic E-state index is 12.5. The summed E-state index contributed by atoms with van der Waals surface area (Å²) in [4.78, 5) is 16.1. The Kier molecular flexibility index (Phi) is 6.81. The standard InChI is InChI=1S/C21H23F3N4O2/c1-25-20(26-11-14-6-2-5-9-18(14)30-13-21(22,23)24)27-12-15-10-19(29)28-17-8-4-3-7-16(15)17/h2-9,15H,10-13H2,1H3,(H,28,29)(H2,25,26,27). The second kappa shape index (κ2) is 9.51. The number of carbonyl (C=O) groups is 1. The van der Waals surface area contributed by atoms with Gasteiger partial charge in [-0.3, -0.25) is 9.79 Å². The minimum absolute atomic E-state index is 0.0177. The summed E-state index contributed by atoms with van der Waals surface area (Å²) < 4.78 is 42.3. The van der Waals surface area contributed by atoms with Gasteiger partial charge in [0.15, 0.2) is 12.6 Å². The molecule has 160 valence electrons. The molecular formula is C21H23F3N4O2. The molecule has 0 radical (unpaired) electrons. The predicted molar refractivity (Wildman–Crippen MR) is 109 cm³/mol. The van der Waals surface area contributed by atoms with Gasteiger partial charge in [0.05, 0.1) is 0 Å². The van der Waals surface area contributed by atoms with Crippen molar-refractivity contribution in [1.82, 2.24) is 10.6 Å². The van der Waals surface area contributed by atoms with Crippen LogP contribution in [-0.4, -0.2) is 38.2 Å². The van der Waals surface area contributed by atoms with Crippen molar-refractivity contribution in [2.75, 3.05) is 25.5 Å². The number of para-hydroxylation sites is 2. The van der Waals surface area contributed by atoms with Gasteiger partial charge in [0, 0.05) is 43.7 Å². The minimum atomic E-state index is -4.40. The van der Waals surface area contributed by atoms with Gasteiger partial charge in [-0.05, 0) is 17.7 Å². The molecule has 0 saturated heterocycles. The van der Waals surface area contributed by atoms with Gasteiger partial charge in [-0.25, -0.2) is 0 Å². The molecule has 1 heterocycles. The first-order valence-corrected chi connectivity index (χ1v) is 9.46. The second-order valence-corrected chi connectivity index (χ2v) is 6.85. The fourth-order valence-corrected chi connectivity index (χ4v) is 3.25. The van der Waals surface area contributed by atoms with Crippen LogP contribution in [0.1, 0.15) is 23.5 Å². The lowest BCUT2D eigenvalue weighted by molar-refractivity contribution is -0.153. The molecule has 6 nitrogen and oxygen atoms in total. The van der Waals surface area contributed by atoms with E-state index in [4.69, 9.17) is 4.74 Å². The molecular weight excluding hydrogens is 397 g/mol. The van der Waals surface area contributed by atoms with Crippen molar-refractivity contribution in [2.45, 2.75) is 25.1 Å². The number of nitrogens with one attached hydrogen (secondary N) is 3. The minimum Gasteiger partial charge on any atom is -0.484 e. The Hall–Kier alpha value is -3.23. The first-order valence-electron chi connectivity index (χ1n) is 9.46. The van der Waals surface area contributed by atoms with Crippen LogP contribution >= 0.6 is 0 Å². The molecule has 0 spiro atoms. The van der Waals surface area contributed by atoms with E-state index in [1.54, 1.807) is 25.2 Å². The summed E-state index contributed by atoms with van der Waals surface area (Å²) in [5, 5.41) is 9.12. The van der Waals surface area contributed by atoms with Crippen LogP contribution in [0.5, 0.6) is 5.75 Å². The highest BCUT2D eigenvalue weighted by atomic mass is 19.4. The van der Waals surface area contributed by atoms with Crippen molar-refractivity contribution in [3.05, 3.63) is 59.7 Å². The first kappa shape index (κ1) is 21.5. The summed E-state index contributed by atoms with van der Waals surface area (Å²) in [6.07, 6.45) is -4.05. The van der Waals surface area contributed by atoms with Gasteiger partial charge >= 0.3 is 6.18 Å². The Balaban J connectivity index is 1.58. The highest BCUT2D eigenvalue weighted by Crippen LogP contribution is 2.31. The lowest BCUT2D eigenvalue weighted by atomic mass is 9.90. The van der Waals surface area contributed by atoms with Crippen LogP contribution in [0.2, 0.25) is 0 Å². The number of aliphatic imine (C=N–C) groups is 1. The molecule has 2 aromatic carbocycles. The summed E-state index contributed by atoms with van der Waals surface area (Å²) >= 11 is 0. The number of hydrogen-bond acceptors (Lipinski definition) is 3. The maximum atomic E-state index is 12.5. The number of hydrogen-bond donors (Lipinski definition) is 3. The summed E-state index contributed by atoms with van der Waals surface area (Å²) in [6.45, 7) is -0.633. The lowest BCUT2D eigenvalue weighted by Crippen LogP contribution is -2.40. The van der Waals surface area contributed by atoms with Crippen molar-refractivity contribution < 1.29 is 22.7 Å². The zero-order valence-electron chi connectivity index (χ0n) is 16.4. The van der Waals surface area contributed by atoms with E-state index >= 15 is 0 Å². The van der Waals surface area contributed by atoms with Crippen LogP contribution in [0.15, 0.2) is 53.5 Å². The lowest BCUT2D eigenvalue weighted by Gasteiger charge is -2.26. The van der Waals surface area contributed by atoms with E-state index in [1.165, 1.54) is 6.07 Å². The van der Waals surface area contributed by atoms with Crippen molar-refractivity contribution >= 4 is 17.6 Å². The molecule has 0 aliphatic carbocycles. The van der Waals surface area contributed by atoms with Crippen LogP contribution in [0.4, 0.5) is 18.9 Å². The van der Waals surface area contributed by atoms with E-state index in [0.29, 0.717) is 24.5 Å². The Bertz CT molecular complexity index is 915. The number of benzene rings is 2. The zero-order chi connectivity index (χ0) is 21.6. The molecule has 1 atom stereocenters. The molecule has 3 N–H and O–H groups in total. The quantitative estimate of drug-likeness (QED) is 0.495. The Morgan fingerprint density at radius 3 is 2.67 bits per heavy atom. The van der Waals surface area contributed by atoms with Gasteiger partial charge in [0.25, 0.3) is 0 Å². The molecule has 3 rings (SSSR count). The second-order valence-electron chi connectivity index (χ2n) is 6.85. The maximum Gasteiger partial charge on any atom is 0.422 e. The topological polar surface area (TPSA) is 74.8 Å². The van der Waals surface area contributed by atoms with Crippen LogP contribution in [0, 0.1) is 0 Å². The summed E-state index contributed by atoms with van der Waals surface area (Å²) in [6, 6.07) is 14.2. The highest BCUT2D eigenvalue weighted by Gasteiger charge is 2.29. The molecule has 0 aromatic heterocycles. The SMILES string of the molecule is CN=C(NCc1ccccc1OCC(F)(F)F)NCC1CC(=O)Nc2ccccc21. The smallest absolute Gasteiger partial charge is 0.422 e. The van der Waals surface area contributed by atoms with E-state index in [2.05, 4.69) is 20.9 Å². The Morgan fingerprint density at radius 1 is 1.17 bits per heavy atom.